The summed E-state index contributed by atoms with van der Waals surface area (Å²) in [5, 5.41) is 23.2. The molecule has 0 aliphatic carbocycles. The molecule has 1 N–H and O–H groups in total. The van der Waals surface area contributed by atoms with E-state index in [1.165, 1.54) is 36.4 Å². The number of carbonyl (C=O) groups is 2. The number of hydrogen-bond acceptors (Lipinski definition) is 6. The molecule has 0 atom stereocenters. The van der Waals surface area contributed by atoms with Crippen LogP contribution in [0.5, 0.6) is 5.75 Å². The van der Waals surface area contributed by atoms with Crippen molar-refractivity contribution in [2.24, 2.45) is 0 Å². The van der Waals surface area contributed by atoms with Crippen LogP contribution in [0.4, 0.5) is 11.4 Å². The molecule has 0 aliphatic heterocycles. The number of nitriles is 1. The number of ether oxygens (including phenoxy) is 1. The minimum atomic E-state index is -0.795. The Labute approximate surface area is 197 Å². The molecule has 8 nitrogen and oxygen atoms in total. The molecular weight excluding hydrogens is 469 g/mol. The minimum absolute atomic E-state index is 0.000271. The zero-order valence-electron chi connectivity index (χ0n) is 16.6. The number of nitro groups is 1. The van der Waals surface area contributed by atoms with Gasteiger partial charge in [-0.1, -0.05) is 41.4 Å². The highest BCUT2D eigenvalue weighted by molar-refractivity contribution is 6.34. The fraction of sp³-hybridized carbons (Fsp3) is 0. The molecule has 0 bridgehead atoms. The van der Waals surface area contributed by atoms with Crippen molar-refractivity contribution in [3.8, 4) is 11.8 Å². The number of esters is 1. The summed E-state index contributed by atoms with van der Waals surface area (Å²) in [5.41, 5.74) is 0.241. The standard InChI is InChI=1S/C23H13Cl2N3O5/c24-17-3-1-2-15(11-17)23(30)33-19-7-4-14(5-8-19)10-16(13-26)22(29)27-21-12-18(28(31)32)6-9-20(21)25/h1-12H,(H,27,29)/b16-10+. The molecule has 3 aromatic carbocycles. The second-order valence-electron chi connectivity index (χ2n) is 6.51. The van der Waals surface area contributed by atoms with Crippen LogP contribution in [-0.2, 0) is 4.79 Å². The van der Waals surface area contributed by atoms with E-state index < -0.39 is 16.8 Å². The number of anilines is 1. The molecule has 0 aromatic heterocycles. The molecule has 33 heavy (non-hydrogen) atoms. The summed E-state index contributed by atoms with van der Waals surface area (Å²) in [4.78, 5) is 34.9. The van der Waals surface area contributed by atoms with E-state index >= 15 is 0 Å². The van der Waals surface area contributed by atoms with Gasteiger partial charge in [0.25, 0.3) is 11.6 Å². The van der Waals surface area contributed by atoms with Crippen LogP contribution in [0.2, 0.25) is 10.0 Å². The first-order chi connectivity index (χ1) is 15.8. The van der Waals surface area contributed by atoms with Crippen molar-refractivity contribution >= 4 is 52.5 Å². The molecule has 0 saturated heterocycles. The lowest BCUT2D eigenvalue weighted by atomic mass is 10.1. The molecule has 0 spiro atoms. The first-order valence-corrected chi connectivity index (χ1v) is 9.97. The Morgan fingerprint density at radius 1 is 1.06 bits per heavy atom. The second-order valence-corrected chi connectivity index (χ2v) is 7.36. The van der Waals surface area contributed by atoms with E-state index in [1.54, 1.807) is 36.4 Å². The van der Waals surface area contributed by atoms with Gasteiger partial charge in [0.05, 0.1) is 21.2 Å². The monoisotopic (exact) mass is 481 g/mol. The van der Waals surface area contributed by atoms with E-state index in [-0.39, 0.29) is 33.3 Å². The summed E-state index contributed by atoms with van der Waals surface area (Å²) < 4.78 is 5.28. The highest BCUT2D eigenvalue weighted by Crippen LogP contribution is 2.27. The predicted molar refractivity (Wildman–Crippen MR) is 123 cm³/mol. The van der Waals surface area contributed by atoms with E-state index in [0.717, 1.165) is 6.07 Å². The van der Waals surface area contributed by atoms with Crippen molar-refractivity contribution in [2.75, 3.05) is 5.32 Å². The van der Waals surface area contributed by atoms with Crippen molar-refractivity contribution in [3.63, 3.8) is 0 Å². The summed E-state index contributed by atoms with van der Waals surface area (Å²) in [6.45, 7) is 0. The summed E-state index contributed by atoms with van der Waals surface area (Å²) in [6, 6.07) is 17.7. The Morgan fingerprint density at radius 3 is 2.42 bits per heavy atom. The van der Waals surface area contributed by atoms with Gasteiger partial charge in [0.15, 0.2) is 0 Å². The van der Waals surface area contributed by atoms with Gasteiger partial charge in [0.1, 0.15) is 17.4 Å². The Hall–Kier alpha value is -4.19. The molecule has 0 heterocycles. The Kier molecular flexibility index (Phi) is 7.41. The maximum absolute atomic E-state index is 12.5. The van der Waals surface area contributed by atoms with Crippen molar-refractivity contribution in [3.05, 3.63) is 104 Å². The van der Waals surface area contributed by atoms with Gasteiger partial charge in [0, 0.05) is 17.2 Å². The third-order valence-corrected chi connectivity index (χ3v) is 4.80. The van der Waals surface area contributed by atoms with Gasteiger partial charge in [-0.05, 0) is 48.0 Å². The van der Waals surface area contributed by atoms with E-state index in [9.17, 15) is 25.0 Å². The van der Waals surface area contributed by atoms with Gasteiger partial charge in [-0.3, -0.25) is 14.9 Å². The molecule has 3 aromatic rings. The maximum atomic E-state index is 12.5. The zero-order valence-corrected chi connectivity index (χ0v) is 18.1. The number of rotatable bonds is 6. The molecule has 3 rings (SSSR count). The zero-order chi connectivity index (χ0) is 24.0. The van der Waals surface area contributed by atoms with Crippen LogP contribution in [0.25, 0.3) is 6.08 Å². The highest BCUT2D eigenvalue weighted by Gasteiger charge is 2.15. The maximum Gasteiger partial charge on any atom is 0.343 e. The Balaban J connectivity index is 1.73. The normalized spacial score (nSPS) is 10.8. The van der Waals surface area contributed by atoms with Gasteiger partial charge in [-0.15, -0.1) is 0 Å². The highest BCUT2D eigenvalue weighted by atomic mass is 35.5. The molecule has 1 amide bonds. The number of carbonyl (C=O) groups excluding carboxylic acids is 2. The number of halogens is 2. The molecule has 0 unspecified atom stereocenters. The molecular formula is C23H13Cl2N3O5. The van der Waals surface area contributed by atoms with E-state index in [2.05, 4.69) is 5.32 Å². The molecule has 10 heteroatoms. The van der Waals surface area contributed by atoms with Crippen LogP contribution in [0.15, 0.2) is 72.3 Å². The van der Waals surface area contributed by atoms with Crippen molar-refractivity contribution in [2.45, 2.75) is 0 Å². The van der Waals surface area contributed by atoms with Gasteiger partial charge >= 0.3 is 5.97 Å². The average molecular weight is 482 g/mol. The Morgan fingerprint density at radius 2 is 1.79 bits per heavy atom. The van der Waals surface area contributed by atoms with E-state index in [1.807, 2.05) is 0 Å². The third-order valence-electron chi connectivity index (χ3n) is 4.24. The largest absolute Gasteiger partial charge is 0.423 e. The first-order valence-electron chi connectivity index (χ1n) is 9.21. The van der Waals surface area contributed by atoms with Gasteiger partial charge in [0.2, 0.25) is 0 Å². The summed E-state index contributed by atoms with van der Waals surface area (Å²) in [6.07, 6.45) is 1.31. The number of benzene rings is 3. The smallest absolute Gasteiger partial charge is 0.343 e. The number of nitrogens with zero attached hydrogens (tertiary/aromatic N) is 2. The molecule has 0 aliphatic rings. The van der Waals surface area contributed by atoms with Gasteiger partial charge in [-0.2, -0.15) is 5.26 Å². The fourth-order valence-electron chi connectivity index (χ4n) is 2.64. The van der Waals surface area contributed by atoms with Crippen molar-refractivity contribution in [1.82, 2.24) is 0 Å². The van der Waals surface area contributed by atoms with Crippen LogP contribution < -0.4 is 10.1 Å². The quantitative estimate of drug-likeness (QED) is 0.121. The lowest BCUT2D eigenvalue weighted by Gasteiger charge is -2.07. The van der Waals surface area contributed by atoms with Crippen LogP contribution in [-0.4, -0.2) is 16.8 Å². The number of non-ortho nitro benzene ring substituents is 1. The number of nitrogens with one attached hydrogen (secondary N) is 1. The van der Waals surface area contributed by atoms with Crippen LogP contribution in [0.3, 0.4) is 0 Å². The Bertz CT molecular complexity index is 1310. The van der Waals surface area contributed by atoms with Crippen molar-refractivity contribution in [1.29, 1.82) is 5.26 Å². The number of hydrogen-bond donors (Lipinski definition) is 1. The third kappa shape index (κ3) is 6.17. The van der Waals surface area contributed by atoms with E-state index in [0.29, 0.717) is 10.6 Å². The summed E-state index contributed by atoms with van der Waals surface area (Å²) >= 11 is 11.8. The first kappa shape index (κ1) is 23.5. The number of nitro benzene ring substituents is 1. The summed E-state index contributed by atoms with van der Waals surface area (Å²) in [5.74, 6) is -1.13. The number of amides is 1. The molecule has 0 radical (unpaired) electrons. The van der Waals surface area contributed by atoms with Gasteiger partial charge < -0.3 is 10.1 Å². The van der Waals surface area contributed by atoms with E-state index in [4.69, 9.17) is 27.9 Å². The molecule has 0 saturated carbocycles. The predicted octanol–water partition coefficient (Wildman–Crippen LogP) is 5.67. The van der Waals surface area contributed by atoms with Crippen LogP contribution in [0, 0.1) is 21.4 Å². The molecule has 164 valence electrons. The summed E-state index contributed by atoms with van der Waals surface area (Å²) in [7, 11) is 0. The van der Waals surface area contributed by atoms with Crippen molar-refractivity contribution < 1.29 is 19.2 Å². The van der Waals surface area contributed by atoms with Crippen LogP contribution >= 0.6 is 23.2 Å². The van der Waals surface area contributed by atoms with Crippen LogP contribution in [0.1, 0.15) is 15.9 Å². The lowest BCUT2D eigenvalue weighted by Crippen LogP contribution is -2.14. The average Bonchev–Trinajstić information content (AvgIpc) is 2.79. The fourth-order valence-corrected chi connectivity index (χ4v) is 3.00. The van der Waals surface area contributed by atoms with Gasteiger partial charge in [-0.25, -0.2) is 4.79 Å². The minimum Gasteiger partial charge on any atom is -0.423 e. The second kappa shape index (κ2) is 10.4. The lowest BCUT2D eigenvalue weighted by molar-refractivity contribution is -0.384. The SMILES string of the molecule is N#C/C(=C\c1ccc(OC(=O)c2cccc(Cl)c2)cc1)C(=O)Nc1cc([N+](=O)[O-])ccc1Cl. The topological polar surface area (TPSA) is 122 Å². The molecule has 0 fully saturated rings.